The van der Waals surface area contributed by atoms with E-state index < -0.39 is 0 Å². The summed E-state index contributed by atoms with van der Waals surface area (Å²) in [4.78, 5) is 11.9. The van der Waals surface area contributed by atoms with Gasteiger partial charge in [-0.2, -0.15) is 0 Å². The lowest BCUT2D eigenvalue weighted by Gasteiger charge is -2.13. The van der Waals surface area contributed by atoms with Crippen molar-refractivity contribution in [3.05, 3.63) is 23.8 Å². The molecule has 23 heavy (non-hydrogen) atoms. The monoisotopic (exact) mass is 321 g/mol. The third kappa shape index (κ3) is 5.51. The summed E-state index contributed by atoms with van der Waals surface area (Å²) >= 11 is 0. The van der Waals surface area contributed by atoms with Crippen LogP contribution < -0.4 is 19.5 Å². The van der Waals surface area contributed by atoms with Crippen molar-refractivity contribution in [2.45, 2.75) is 26.7 Å². The van der Waals surface area contributed by atoms with E-state index >= 15 is 0 Å². The van der Waals surface area contributed by atoms with Gasteiger partial charge in [-0.25, -0.2) is 0 Å². The van der Waals surface area contributed by atoms with Gasteiger partial charge in [-0.05, 0) is 29.7 Å². The maximum Gasteiger partial charge on any atom is 0.244 e. The van der Waals surface area contributed by atoms with Gasteiger partial charge in [0.1, 0.15) is 0 Å². The van der Waals surface area contributed by atoms with Crippen LogP contribution in [0, 0.1) is 5.92 Å². The third-order valence-corrected chi connectivity index (χ3v) is 3.83. The summed E-state index contributed by atoms with van der Waals surface area (Å²) < 4.78 is 15.9. The van der Waals surface area contributed by atoms with E-state index in [4.69, 9.17) is 14.2 Å². The van der Waals surface area contributed by atoms with Gasteiger partial charge in [0.2, 0.25) is 11.7 Å². The highest BCUT2D eigenvalue weighted by molar-refractivity contribution is 5.91. The van der Waals surface area contributed by atoms with Crippen LogP contribution in [0.1, 0.15) is 32.3 Å². The Bertz CT molecular complexity index is 511. The minimum absolute atomic E-state index is 0.106. The van der Waals surface area contributed by atoms with Crippen LogP contribution in [0.25, 0.3) is 6.08 Å². The number of rotatable bonds is 9. The molecule has 1 aromatic carbocycles. The SMILES string of the molecule is CCC(CC)CNC(=O)C=Cc1cc(OC)c(OC)c(OC)c1. The van der Waals surface area contributed by atoms with E-state index in [0.29, 0.717) is 29.7 Å². The summed E-state index contributed by atoms with van der Waals surface area (Å²) in [5, 5.41) is 2.92. The molecule has 0 heterocycles. The van der Waals surface area contributed by atoms with Gasteiger partial charge in [-0.15, -0.1) is 0 Å². The van der Waals surface area contributed by atoms with Crippen LogP contribution in [-0.2, 0) is 4.79 Å². The van der Waals surface area contributed by atoms with Crippen molar-refractivity contribution >= 4 is 12.0 Å². The van der Waals surface area contributed by atoms with Crippen LogP contribution in [0.5, 0.6) is 17.2 Å². The van der Waals surface area contributed by atoms with Crippen LogP contribution in [0.3, 0.4) is 0 Å². The van der Waals surface area contributed by atoms with Crippen molar-refractivity contribution in [1.29, 1.82) is 0 Å². The Balaban J connectivity index is 2.81. The standard InChI is InChI=1S/C18H27NO4/c1-6-13(7-2)12-19-17(20)9-8-14-10-15(21-3)18(23-5)16(11-14)22-4/h8-11,13H,6-7,12H2,1-5H3,(H,19,20). The zero-order chi connectivity index (χ0) is 17.2. The molecule has 0 radical (unpaired) electrons. The highest BCUT2D eigenvalue weighted by atomic mass is 16.5. The second-order valence-electron chi connectivity index (χ2n) is 5.22. The molecular formula is C18H27NO4. The average Bonchev–Trinajstić information content (AvgIpc) is 2.59. The summed E-state index contributed by atoms with van der Waals surface area (Å²) in [7, 11) is 4.68. The Labute approximate surface area is 138 Å². The van der Waals surface area contributed by atoms with Crippen LogP contribution >= 0.6 is 0 Å². The van der Waals surface area contributed by atoms with Gasteiger partial charge < -0.3 is 19.5 Å². The van der Waals surface area contributed by atoms with Crippen molar-refractivity contribution in [2.24, 2.45) is 5.92 Å². The molecule has 0 spiro atoms. The fraction of sp³-hybridized carbons (Fsp3) is 0.500. The maximum absolute atomic E-state index is 11.9. The van der Waals surface area contributed by atoms with Crippen molar-refractivity contribution < 1.29 is 19.0 Å². The first kappa shape index (κ1) is 18.9. The van der Waals surface area contributed by atoms with Crippen LogP contribution in [-0.4, -0.2) is 33.8 Å². The molecule has 1 amide bonds. The minimum atomic E-state index is -0.106. The molecular weight excluding hydrogens is 294 g/mol. The molecule has 0 saturated carbocycles. The van der Waals surface area contributed by atoms with E-state index in [-0.39, 0.29) is 5.91 Å². The largest absolute Gasteiger partial charge is 0.493 e. The molecule has 1 rings (SSSR count). The number of methoxy groups -OCH3 is 3. The number of carbonyl (C=O) groups is 1. The summed E-state index contributed by atoms with van der Waals surface area (Å²) in [6, 6.07) is 3.60. The number of amides is 1. The van der Waals surface area contributed by atoms with Gasteiger partial charge in [0.05, 0.1) is 21.3 Å². The third-order valence-electron chi connectivity index (χ3n) is 3.83. The fourth-order valence-electron chi connectivity index (χ4n) is 2.25. The fourth-order valence-corrected chi connectivity index (χ4v) is 2.25. The Kier molecular flexibility index (Phi) is 8.02. The molecule has 128 valence electrons. The minimum Gasteiger partial charge on any atom is -0.493 e. The Morgan fingerprint density at radius 2 is 1.65 bits per heavy atom. The molecule has 0 atom stereocenters. The summed E-state index contributed by atoms with van der Waals surface area (Å²) in [6.45, 7) is 4.96. The van der Waals surface area contributed by atoms with Crippen molar-refractivity contribution in [3.63, 3.8) is 0 Å². The van der Waals surface area contributed by atoms with Gasteiger partial charge in [-0.3, -0.25) is 4.79 Å². The second kappa shape index (κ2) is 9.77. The lowest BCUT2D eigenvalue weighted by atomic mass is 10.0. The van der Waals surface area contributed by atoms with Crippen LogP contribution in [0.15, 0.2) is 18.2 Å². The molecule has 0 fully saturated rings. The van der Waals surface area contributed by atoms with E-state index in [2.05, 4.69) is 19.2 Å². The molecule has 1 aromatic rings. The van der Waals surface area contributed by atoms with E-state index in [1.807, 2.05) is 0 Å². The topological polar surface area (TPSA) is 56.8 Å². The van der Waals surface area contributed by atoms with Crippen LogP contribution in [0.4, 0.5) is 0 Å². The number of hydrogen-bond acceptors (Lipinski definition) is 4. The second-order valence-corrected chi connectivity index (χ2v) is 5.22. The first-order valence-corrected chi connectivity index (χ1v) is 7.85. The van der Waals surface area contributed by atoms with Gasteiger partial charge >= 0.3 is 0 Å². The predicted molar refractivity (Wildman–Crippen MR) is 92.2 cm³/mol. The normalized spacial score (nSPS) is 10.9. The van der Waals surface area contributed by atoms with Crippen molar-refractivity contribution in [2.75, 3.05) is 27.9 Å². The number of ether oxygens (including phenoxy) is 3. The smallest absolute Gasteiger partial charge is 0.244 e. The molecule has 1 N–H and O–H groups in total. The lowest BCUT2D eigenvalue weighted by molar-refractivity contribution is -0.116. The van der Waals surface area contributed by atoms with Gasteiger partial charge in [0, 0.05) is 12.6 Å². The van der Waals surface area contributed by atoms with Crippen LogP contribution in [0.2, 0.25) is 0 Å². The van der Waals surface area contributed by atoms with E-state index in [9.17, 15) is 4.79 Å². The molecule has 0 unspecified atom stereocenters. The number of carbonyl (C=O) groups excluding carboxylic acids is 1. The zero-order valence-corrected chi connectivity index (χ0v) is 14.6. The van der Waals surface area contributed by atoms with Gasteiger partial charge in [0.25, 0.3) is 0 Å². The molecule has 0 aliphatic heterocycles. The molecule has 0 aliphatic rings. The Hall–Kier alpha value is -2.17. The quantitative estimate of drug-likeness (QED) is 0.709. The van der Waals surface area contributed by atoms with Gasteiger partial charge in [0.15, 0.2) is 11.5 Å². The predicted octanol–water partition coefficient (Wildman–Crippen LogP) is 3.28. The average molecular weight is 321 g/mol. The first-order valence-electron chi connectivity index (χ1n) is 7.85. The first-order chi connectivity index (χ1) is 11.1. The molecule has 0 saturated heterocycles. The number of nitrogens with one attached hydrogen (secondary N) is 1. The van der Waals surface area contributed by atoms with E-state index in [1.54, 1.807) is 39.5 Å². The molecule has 5 nitrogen and oxygen atoms in total. The molecule has 0 bridgehead atoms. The van der Waals surface area contributed by atoms with E-state index in [1.165, 1.54) is 6.08 Å². The van der Waals surface area contributed by atoms with Gasteiger partial charge in [-0.1, -0.05) is 26.7 Å². The molecule has 0 aromatic heterocycles. The maximum atomic E-state index is 11.9. The summed E-state index contributed by atoms with van der Waals surface area (Å²) in [5.41, 5.74) is 0.803. The number of benzene rings is 1. The summed E-state index contributed by atoms with van der Waals surface area (Å²) in [5.74, 6) is 2.07. The summed E-state index contributed by atoms with van der Waals surface area (Å²) in [6.07, 6.45) is 5.37. The molecule has 0 aliphatic carbocycles. The highest BCUT2D eigenvalue weighted by Gasteiger charge is 2.12. The Morgan fingerprint density at radius 3 is 2.09 bits per heavy atom. The van der Waals surface area contributed by atoms with Crippen molar-refractivity contribution in [1.82, 2.24) is 5.32 Å². The highest BCUT2D eigenvalue weighted by Crippen LogP contribution is 2.38. The number of hydrogen-bond donors (Lipinski definition) is 1. The van der Waals surface area contributed by atoms with Crippen molar-refractivity contribution in [3.8, 4) is 17.2 Å². The molecule has 5 heteroatoms. The lowest BCUT2D eigenvalue weighted by Crippen LogP contribution is -2.27. The van der Waals surface area contributed by atoms with E-state index in [0.717, 1.165) is 18.4 Å². The Morgan fingerprint density at radius 1 is 1.09 bits per heavy atom. The zero-order valence-electron chi connectivity index (χ0n) is 14.6.